The Hall–Kier alpha value is -3.03. The van der Waals surface area contributed by atoms with E-state index in [0.29, 0.717) is 19.3 Å². The molecule has 0 bridgehead atoms. The third kappa shape index (κ3) is 19.4. The van der Waals surface area contributed by atoms with E-state index in [-0.39, 0.29) is 12.3 Å². The quantitative estimate of drug-likeness (QED) is 0.0444. The minimum Gasteiger partial charge on any atom is -0.394 e. The Kier molecular flexibility index (Phi) is 28.5. The highest BCUT2D eigenvalue weighted by molar-refractivity contribution is 5.76. The first-order valence-corrected chi connectivity index (χ1v) is 23.3. The summed E-state index contributed by atoms with van der Waals surface area (Å²) in [5.41, 5.74) is 0. The number of carbonyl (C=O) groups excluding carboxylic acids is 1. The van der Waals surface area contributed by atoms with Gasteiger partial charge in [0.2, 0.25) is 5.91 Å². The maximum atomic E-state index is 13.0. The van der Waals surface area contributed by atoms with Crippen LogP contribution in [0.5, 0.6) is 0 Å². The van der Waals surface area contributed by atoms with E-state index in [1.54, 1.807) is 6.08 Å². The van der Waals surface area contributed by atoms with Gasteiger partial charge in [-0.15, -0.1) is 0 Å². The molecule has 19 nitrogen and oxygen atoms in total. The molecule has 382 valence electrons. The summed E-state index contributed by atoms with van der Waals surface area (Å²) in [6, 6.07) is -1.01. The lowest BCUT2D eigenvalue weighted by Gasteiger charge is -2.48. The van der Waals surface area contributed by atoms with Crippen LogP contribution in [0.4, 0.5) is 0 Å². The number of ether oxygens (including phenoxy) is 6. The summed E-state index contributed by atoms with van der Waals surface area (Å²) >= 11 is 0. The van der Waals surface area contributed by atoms with Crippen LogP contribution in [-0.2, 0) is 33.2 Å². The smallest absolute Gasteiger partial charge is 0.220 e. The van der Waals surface area contributed by atoms with Crippen LogP contribution in [0.2, 0.25) is 0 Å². The second kappa shape index (κ2) is 32.7. The second-order valence-electron chi connectivity index (χ2n) is 16.5. The topological polar surface area (TPSA) is 307 Å². The summed E-state index contributed by atoms with van der Waals surface area (Å²) in [6.45, 7) is 1.23. The number of amides is 1. The van der Waals surface area contributed by atoms with E-state index >= 15 is 0 Å². The Morgan fingerprint density at radius 2 is 0.970 bits per heavy atom. The van der Waals surface area contributed by atoms with E-state index in [2.05, 4.69) is 66.9 Å². The molecule has 0 radical (unpaired) electrons. The lowest BCUT2D eigenvalue weighted by atomic mass is 9.96. The lowest BCUT2D eigenvalue weighted by molar-refractivity contribution is -0.379. The molecule has 17 atom stereocenters. The SMILES string of the molecule is CC/C=C\C/C=C\C/C=C\C/C=C\C/C=C\C/C=C\CCC(=O)NC(COC1OC(CO)C(OC2OC(CO)C(OC3OC(CO)C(O)C(O)C3O)C(O)C2O)C(O)C1O)C(O)/C=C/CCC. The van der Waals surface area contributed by atoms with Crippen LogP contribution >= 0.6 is 0 Å². The zero-order valence-electron chi connectivity index (χ0n) is 38.6. The number of hydrogen-bond acceptors (Lipinski definition) is 18. The van der Waals surface area contributed by atoms with Crippen molar-refractivity contribution in [2.75, 3.05) is 26.4 Å². The van der Waals surface area contributed by atoms with Gasteiger partial charge in [-0.25, -0.2) is 0 Å². The first kappa shape index (κ1) is 58.3. The minimum atomic E-state index is -1.98. The molecule has 0 spiro atoms. The molecule has 3 fully saturated rings. The normalized spacial score (nSPS) is 34.3. The first-order chi connectivity index (χ1) is 32.3. The highest BCUT2D eigenvalue weighted by Gasteiger charge is 2.53. The monoisotopic (exact) mass is 956 g/mol. The summed E-state index contributed by atoms with van der Waals surface area (Å²) in [5, 5.41) is 118. The Morgan fingerprint density at radius 1 is 0.537 bits per heavy atom. The number of allylic oxidation sites excluding steroid dienone is 13. The molecule has 3 saturated heterocycles. The molecule has 3 heterocycles. The molecule has 3 aliphatic heterocycles. The molecule has 19 heteroatoms. The summed E-state index contributed by atoms with van der Waals surface area (Å²) < 4.78 is 33.8. The van der Waals surface area contributed by atoms with Crippen molar-refractivity contribution in [3.8, 4) is 0 Å². The number of nitrogens with one attached hydrogen (secondary N) is 1. The molecular weight excluding hydrogens is 879 g/mol. The predicted molar refractivity (Wildman–Crippen MR) is 244 cm³/mol. The van der Waals surface area contributed by atoms with Gasteiger partial charge in [-0.1, -0.05) is 105 Å². The van der Waals surface area contributed by atoms with Gasteiger partial charge in [-0.2, -0.15) is 0 Å². The van der Waals surface area contributed by atoms with Crippen LogP contribution in [0.15, 0.2) is 85.1 Å². The first-order valence-electron chi connectivity index (χ1n) is 23.3. The van der Waals surface area contributed by atoms with Crippen LogP contribution in [-0.4, -0.2) is 193 Å². The fourth-order valence-electron chi connectivity index (χ4n) is 7.27. The van der Waals surface area contributed by atoms with Crippen molar-refractivity contribution >= 4 is 5.91 Å². The van der Waals surface area contributed by atoms with Gasteiger partial charge in [0.15, 0.2) is 18.9 Å². The molecule has 12 N–H and O–H groups in total. The van der Waals surface area contributed by atoms with E-state index in [1.165, 1.54) is 6.08 Å². The summed E-state index contributed by atoms with van der Waals surface area (Å²) in [5.74, 6) is -0.377. The standard InChI is InChI=1S/C48H77NO18/c1-3-5-7-8-9-10-11-12-13-14-15-16-17-18-19-20-21-22-24-26-36(54)49-31(32(53)25-23-6-4-2)30-62-46-42(60)39(57)44(34(28-51)64-46)67-48-43(61)40(58)45(35(29-52)65-48)66-47-41(59)38(56)37(55)33(27-50)63-47/h5,7,9-10,12-13,15-16,18-19,21-23,25,31-35,37-48,50-53,55-61H,3-4,6,8,11,14,17,20,24,26-30H2,1-2H3,(H,49,54)/b7-5-,10-9-,13-12-,16-15-,19-18-,22-21-,25-23+. The fourth-order valence-corrected chi connectivity index (χ4v) is 7.27. The molecule has 0 aromatic rings. The summed E-state index contributed by atoms with van der Waals surface area (Å²) in [7, 11) is 0. The molecule has 3 rings (SSSR count). The Balaban J connectivity index is 1.50. The average Bonchev–Trinajstić information content (AvgIpc) is 3.32. The number of hydrogen-bond donors (Lipinski definition) is 12. The van der Waals surface area contributed by atoms with Crippen LogP contribution in [0.1, 0.15) is 78.1 Å². The van der Waals surface area contributed by atoms with Gasteiger partial charge < -0.3 is 89.9 Å². The summed E-state index contributed by atoms with van der Waals surface area (Å²) in [4.78, 5) is 13.0. The molecule has 0 aromatic heterocycles. The molecular formula is C48H77NO18. The number of aliphatic hydroxyl groups is 11. The maximum Gasteiger partial charge on any atom is 0.220 e. The molecule has 17 unspecified atom stereocenters. The third-order valence-electron chi connectivity index (χ3n) is 11.2. The molecule has 67 heavy (non-hydrogen) atoms. The van der Waals surface area contributed by atoms with Crippen molar-refractivity contribution < 1.29 is 89.4 Å². The van der Waals surface area contributed by atoms with Gasteiger partial charge in [-0.05, 0) is 51.4 Å². The van der Waals surface area contributed by atoms with Crippen molar-refractivity contribution in [1.29, 1.82) is 0 Å². The molecule has 0 saturated carbocycles. The van der Waals surface area contributed by atoms with E-state index in [1.807, 2.05) is 25.2 Å². The van der Waals surface area contributed by atoms with Crippen molar-refractivity contribution in [2.24, 2.45) is 0 Å². The van der Waals surface area contributed by atoms with Crippen molar-refractivity contribution in [3.63, 3.8) is 0 Å². The largest absolute Gasteiger partial charge is 0.394 e. The highest BCUT2D eigenvalue weighted by Crippen LogP contribution is 2.32. The molecule has 3 aliphatic rings. The third-order valence-corrected chi connectivity index (χ3v) is 11.2. The van der Waals surface area contributed by atoms with Gasteiger partial charge in [0.1, 0.15) is 73.2 Å². The minimum absolute atomic E-state index is 0.110. The van der Waals surface area contributed by atoms with Crippen LogP contribution in [0.3, 0.4) is 0 Å². The van der Waals surface area contributed by atoms with Crippen molar-refractivity contribution in [2.45, 2.75) is 182 Å². The van der Waals surface area contributed by atoms with E-state index in [0.717, 1.165) is 38.5 Å². The van der Waals surface area contributed by atoms with Gasteiger partial charge in [0.05, 0.1) is 38.6 Å². The Bertz CT molecular complexity index is 1570. The number of carbonyl (C=O) groups is 1. The van der Waals surface area contributed by atoms with Gasteiger partial charge in [0, 0.05) is 6.42 Å². The zero-order chi connectivity index (χ0) is 49.1. The second-order valence-corrected chi connectivity index (χ2v) is 16.5. The van der Waals surface area contributed by atoms with Gasteiger partial charge in [-0.3, -0.25) is 4.79 Å². The number of unbranched alkanes of at least 4 members (excludes halogenated alkanes) is 1. The maximum absolute atomic E-state index is 13.0. The van der Waals surface area contributed by atoms with Gasteiger partial charge in [0.25, 0.3) is 0 Å². The van der Waals surface area contributed by atoms with E-state index in [4.69, 9.17) is 28.4 Å². The number of rotatable bonds is 29. The highest BCUT2D eigenvalue weighted by atomic mass is 16.8. The lowest BCUT2D eigenvalue weighted by Crippen LogP contribution is -2.66. The summed E-state index contributed by atoms with van der Waals surface area (Å²) in [6.07, 6.45) is 8.79. The Morgan fingerprint density at radius 3 is 1.45 bits per heavy atom. The molecule has 0 aromatic carbocycles. The average molecular weight is 956 g/mol. The van der Waals surface area contributed by atoms with Gasteiger partial charge >= 0.3 is 0 Å². The van der Waals surface area contributed by atoms with E-state index < -0.39 is 131 Å². The van der Waals surface area contributed by atoms with Crippen LogP contribution < -0.4 is 5.32 Å². The molecule has 1 amide bonds. The predicted octanol–water partition coefficient (Wildman–Crippen LogP) is 0.131. The Labute approximate surface area is 393 Å². The number of aliphatic hydroxyl groups excluding tert-OH is 11. The van der Waals surface area contributed by atoms with Crippen LogP contribution in [0.25, 0.3) is 0 Å². The van der Waals surface area contributed by atoms with E-state index in [9.17, 15) is 61.0 Å². The molecule has 0 aliphatic carbocycles. The van der Waals surface area contributed by atoms with Crippen molar-refractivity contribution in [1.82, 2.24) is 5.32 Å². The van der Waals surface area contributed by atoms with Crippen LogP contribution in [0, 0.1) is 0 Å². The zero-order valence-corrected chi connectivity index (χ0v) is 38.6. The van der Waals surface area contributed by atoms with Crippen molar-refractivity contribution in [3.05, 3.63) is 85.1 Å². The fraction of sp³-hybridized carbons (Fsp3) is 0.688.